The first-order chi connectivity index (χ1) is 13.0. The Bertz CT molecular complexity index is 966. The number of benzene rings is 2. The van der Waals surface area contributed by atoms with E-state index < -0.39 is 10.0 Å². The van der Waals surface area contributed by atoms with Crippen LogP contribution in [0.2, 0.25) is 0 Å². The van der Waals surface area contributed by atoms with Crippen LogP contribution in [0, 0.1) is 0 Å². The molecule has 1 aromatic heterocycles. The zero-order chi connectivity index (χ0) is 19.3. The second-order valence-corrected chi connectivity index (χ2v) is 7.77. The molecule has 0 saturated carbocycles. The van der Waals surface area contributed by atoms with Crippen LogP contribution in [0.5, 0.6) is 0 Å². The van der Waals surface area contributed by atoms with Crippen molar-refractivity contribution in [2.75, 3.05) is 18.4 Å². The lowest BCUT2D eigenvalue weighted by atomic mass is 10.2. The van der Waals surface area contributed by atoms with Crippen molar-refractivity contribution in [3.05, 3.63) is 60.5 Å². The van der Waals surface area contributed by atoms with E-state index in [9.17, 15) is 8.42 Å². The van der Waals surface area contributed by atoms with E-state index in [0.29, 0.717) is 31.4 Å². The quantitative estimate of drug-likeness (QED) is 0.638. The number of aromatic nitrogens is 2. The van der Waals surface area contributed by atoms with Crippen LogP contribution >= 0.6 is 0 Å². The summed E-state index contributed by atoms with van der Waals surface area (Å²) in [4.78, 5) is 0.279. The van der Waals surface area contributed by atoms with E-state index in [-0.39, 0.29) is 4.90 Å². The van der Waals surface area contributed by atoms with Gasteiger partial charge in [0.25, 0.3) is 0 Å². The lowest BCUT2D eigenvalue weighted by Gasteiger charge is -2.18. The monoisotopic (exact) mass is 386 g/mol. The van der Waals surface area contributed by atoms with Gasteiger partial charge in [-0.25, -0.2) is 8.42 Å². The molecule has 0 aliphatic carbocycles. The summed E-state index contributed by atoms with van der Waals surface area (Å²) < 4.78 is 32.1. The Kier molecular flexibility index (Phi) is 5.88. The molecular formula is C19H22N4O3S. The predicted octanol–water partition coefficient (Wildman–Crippen LogP) is 3.38. The zero-order valence-electron chi connectivity index (χ0n) is 15.3. The first-order valence-corrected chi connectivity index (χ1v) is 10.2. The van der Waals surface area contributed by atoms with Crippen molar-refractivity contribution in [2.45, 2.75) is 25.3 Å². The molecule has 142 valence electrons. The minimum atomic E-state index is -3.45. The first-order valence-electron chi connectivity index (χ1n) is 8.76. The predicted molar refractivity (Wildman–Crippen MR) is 104 cm³/mol. The molecule has 0 atom stereocenters. The van der Waals surface area contributed by atoms with Crippen molar-refractivity contribution in [1.29, 1.82) is 0 Å². The Morgan fingerprint density at radius 1 is 0.963 bits per heavy atom. The average molecular weight is 386 g/mol. The maximum Gasteiger partial charge on any atom is 0.247 e. The Balaban J connectivity index is 1.65. The Morgan fingerprint density at radius 3 is 2.26 bits per heavy atom. The molecule has 0 amide bonds. The third-order valence-corrected chi connectivity index (χ3v) is 6.19. The van der Waals surface area contributed by atoms with E-state index in [0.717, 1.165) is 11.3 Å². The van der Waals surface area contributed by atoms with E-state index in [4.69, 9.17) is 4.42 Å². The van der Waals surface area contributed by atoms with Gasteiger partial charge in [0.15, 0.2) is 0 Å². The van der Waals surface area contributed by atoms with Crippen molar-refractivity contribution in [1.82, 2.24) is 14.5 Å². The molecule has 27 heavy (non-hydrogen) atoms. The van der Waals surface area contributed by atoms with Crippen molar-refractivity contribution in [3.63, 3.8) is 0 Å². The summed E-state index contributed by atoms with van der Waals surface area (Å²) in [6.07, 6.45) is 0. The van der Waals surface area contributed by atoms with Crippen LogP contribution in [0.25, 0.3) is 11.5 Å². The number of sulfonamides is 1. The van der Waals surface area contributed by atoms with Crippen LogP contribution < -0.4 is 5.32 Å². The maximum atomic E-state index is 12.5. The van der Waals surface area contributed by atoms with Crippen molar-refractivity contribution < 1.29 is 12.8 Å². The summed E-state index contributed by atoms with van der Waals surface area (Å²) in [5.74, 6) is 0.918. The molecule has 0 fully saturated rings. The molecule has 0 spiro atoms. The SMILES string of the molecule is CCN(CC)S(=O)(=O)c1ccc(NCc2nnc(-c3ccccc3)o2)cc1. The van der Waals surface area contributed by atoms with Gasteiger partial charge in [-0.15, -0.1) is 10.2 Å². The van der Waals surface area contributed by atoms with Crippen LogP contribution in [0.3, 0.4) is 0 Å². The fourth-order valence-electron chi connectivity index (χ4n) is 2.66. The third-order valence-electron chi connectivity index (χ3n) is 4.13. The number of hydrogen-bond donors (Lipinski definition) is 1. The summed E-state index contributed by atoms with van der Waals surface area (Å²) in [6, 6.07) is 16.2. The Hall–Kier alpha value is -2.71. The Labute approximate surface area is 159 Å². The van der Waals surface area contributed by atoms with Gasteiger partial charge < -0.3 is 9.73 Å². The summed E-state index contributed by atoms with van der Waals surface area (Å²) in [6.45, 7) is 4.89. The van der Waals surface area contributed by atoms with Gasteiger partial charge in [-0.3, -0.25) is 0 Å². The molecule has 2 aromatic carbocycles. The highest BCUT2D eigenvalue weighted by molar-refractivity contribution is 7.89. The molecule has 0 aliphatic heterocycles. The number of anilines is 1. The first kappa shape index (κ1) is 19.1. The van der Waals surface area contributed by atoms with Gasteiger partial charge in [-0.2, -0.15) is 4.31 Å². The van der Waals surface area contributed by atoms with E-state index in [1.165, 1.54) is 4.31 Å². The lowest BCUT2D eigenvalue weighted by Crippen LogP contribution is -2.30. The highest BCUT2D eigenvalue weighted by Crippen LogP contribution is 2.20. The van der Waals surface area contributed by atoms with Gasteiger partial charge in [0.1, 0.15) is 0 Å². The molecule has 7 nitrogen and oxygen atoms in total. The standard InChI is InChI=1S/C19H22N4O3S/c1-3-23(4-2)27(24,25)17-12-10-16(11-13-17)20-14-18-21-22-19(26-18)15-8-6-5-7-9-15/h5-13,20H,3-4,14H2,1-2H3. The van der Waals surface area contributed by atoms with E-state index in [2.05, 4.69) is 15.5 Å². The molecule has 0 saturated heterocycles. The normalized spacial score (nSPS) is 11.7. The second kappa shape index (κ2) is 8.32. The molecule has 0 unspecified atom stereocenters. The molecule has 3 aromatic rings. The summed E-state index contributed by atoms with van der Waals surface area (Å²) in [7, 11) is -3.45. The van der Waals surface area contributed by atoms with Gasteiger partial charge in [0, 0.05) is 24.3 Å². The van der Waals surface area contributed by atoms with Gasteiger partial charge in [0.2, 0.25) is 21.8 Å². The van der Waals surface area contributed by atoms with Crippen molar-refractivity contribution >= 4 is 15.7 Å². The van der Waals surface area contributed by atoms with Crippen LogP contribution in [-0.2, 0) is 16.6 Å². The smallest absolute Gasteiger partial charge is 0.247 e. The van der Waals surface area contributed by atoms with Crippen LogP contribution in [0.4, 0.5) is 5.69 Å². The number of nitrogens with zero attached hydrogens (tertiary/aromatic N) is 3. The van der Waals surface area contributed by atoms with E-state index in [1.54, 1.807) is 24.3 Å². The number of rotatable bonds is 8. The topological polar surface area (TPSA) is 88.3 Å². The largest absolute Gasteiger partial charge is 0.419 e. The molecule has 0 aliphatic rings. The highest BCUT2D eigenvalue weighted by atomic mass is 32.2. The highest BCUT2D eigenvalue weighted by Gasteiger charge is 2.21. The lowest BCUT2D eigenvalue weighted by molar-refractivity contribution is 0.445. The summed E-state index contributed by atoms with van der Waals surface area (Å²) in [5.41, 5.74) is 1.63. The van der Waals surface area contributed by atoms with Gasteiger partial charge in [-0.1, -0.05) is 32.0 Å². The van der Waals surface area contributed by atoms with Crippen LogP contribution in [-0.4, -0.2) is 36.0 Å². The summed E-state index contributed by atoms with van der Waals surface area (Å²) >= 11 is 0. The van der Waals surface area contributed by atoms with Crippen molar-refractivity contribution in [3.8, 4) is 11.5 Å². The fourth-order valence-corrected chi connectivity index (χ4v) is 4.12. The second-order valence-electron chi connectivity index (χ2n) is 5.83. The minimum absolute atomic E-state index is 0.279. The molecule has 0 bridgehead atoms. The maximum absolute atomic E-state index is 12.5. The average Bonchev–Trinajstić information content (AvgIpc) is 3.17. The van der Waals surface area contributed by atoms with Gasteiger partial charge >= 0.3 is 0 Å². The van der Waals surface area contributed by atoms with E-state index in [1.807, 2.05) is 44.2 Å². The molecule has 1 heterocycles. The number of hydrogen-bond acceptors (Lipinski definition) is 6. The van der Waals surface area contributed by atoms with Crippen LogP contribution in [0.15, 0.2) is 63.9 Å². The third kappa shape index (κ3) is 4.35. The molecule has 8 heteroatoms. The molecule has 3 rings (SSSR count). The van der Waals surface area contributed by atoms with Gasteiger partial charge in [-0.05, 0) is 36.4 Å². The van der Waals surface area contributed by atoms with Crippen LogP contribution in [0.1, 0.15) is 19.7 Å². The molecular weight excluding hydrogens is 364 g/mol. The number of nitrogens with one attached hydrogen (secondary N) is 1. The molecule has 1 N–H and O–H groups in total. The van der Waals surface area contributed by atoms with Crippen molar-refractivity contribution in [2.24, 2.45) is 0 Å². The minimum Gasteiger partial charge on any atom is -0.419 e. The summed E-state index contributed by atoms with van der Waals surface area (Å²) in [5, 5.41) is 11.2. The van der Waals surface area contributed by atoms with Gasteiger partial charge in [0.05, 0.1) is 11.4 Å². The molecule has 0 radical (unpaired) electrons. The zero-order valence-corrected chi connectivity index (χ0v) is 16.1. The van der Waals surface area contributed by atoms with E-state index >= 15 is 0 Å². The fraction of sp³-hybridized carbons (Fsp3) is 0.263. The Morgan fingerprint density at radius 2 is 1.63 bits per heavy atom.